The summed E-state index contributed by atoms with van der Waals surface area (Å²) in [6.45, 7) is 9.16. The lowest BCUT2D eigenvalue weighted by Crippen LogP contribution is -2.48. The second-order valence-corrected chi connectivity index (χ2v) is 8.80. The van der Waals surface area contributed by atoms with Crippen LogP contribution in [0.1, 0.15) is 53.9 Å². The van der Waals surface area contributed by atoms with Crippen LogP contribution in [0, 0.1) is 11.8 Å². The van der Waals surface area contributed by atoms with Crippen LogP contribution in [0.15, 0.2) is 58.1 Å². The molecule has 0 bridgehead atoms. The number of aliphatic hydroxyl groups is 2. The normalized spacial score (nSPS) is 26.7. The Kier molecular flexibility index (Phi) is 8.03. The van der Waals surface area contributed by atoms with E-state index in [-0.39, 0.29) is 23.7 Å². The minimum atomic E-state index is -1.83. The molecule has 0 amide bonds. The number of carbonyl (C=O) groups excluding carboxylic acids is 2. The van der Waals surface area contributed by atoms with Crippen molar-refractivity contribution in [2.24, 2.45) is 11.8 Å². The summed E-state index contributed by atoms with van der Waals surface area (Å²) in [5, 5.41) is 20.2. The van der Waals surface area contributed by atoms with Crippen LogP contribution < -0.4 is 0 Å². The molecule has 0 aromatic heterocycles. The highest BCUT2D eigenvalue weighted by atomic mass is 35.5. The monoisotopic (exact) mass is 434 g/mol. The number of hydrogen-bond donors (Lipinski definition) is 2. The van der Waals surface area contributed by atoms with E-state index in [2.05, 4.69) is 19.9 Å². The Labute approximate surface area is 183 Å². The molecule has 164 valence electrons. The van der Waals surface area contributed by atoms with E-state index in [9.17, 15) is 19.8 Å². The highest BCUT2D eigenvalue weighted by Crippen LogP contribution is 2.44. The van der Waals surface area contributed by atoms with Crippen molar-refractivity contribution in [2.45, 2.75) is 65.6 Å². The lowest BCUT2D eigenvalue weighted by molar-refractivity contribution is -0.137. The molecule has 0 unspecified atom stereocenters. The number of carbonyl (C=O) groups is 2. The molecule has 2 N–H and O–H groups in total. The first-order valence-electron chi connectivity index (χ1n) is 10.3. The Balaban J connectivity index is 2.33. The van der Waals surface area contributed by atoms with Gasteiger partial charge in [-0.1, -0.05) is 49.6 Å². The fourth-order valence-electron chi connectivity index (χ4n) is 3.59. The third kappa shape index (κ3) is 5.60. The summed E-state index contributed by atoms with van der Waals surface area (Å²) < 4.78 is 5.71. The van der Waals surface area contributed by atoms with Crippen molar-refractivity contribution >= 4 is 23.2 Å². The number of fused-ring (bicyclic) bond motifs is 1. The lowest BCUT2D eigenvalue weighted by Gasteiger charge is -2.38. The van der Waals surface area contributed by atoms with E-state index in [1.165, 1.54) is 20.1 Å². The maximum absolute atomic E-state index is 12.7. The Hall–Kier alpha value is -1.95. The predicted octanol–water partition coefficient (Wildman–Crippen LogP) is 4.51. The Morgan fingerprint density at radius 1 is 1.40 bits per heavy atom. The quantitative estimate of drug-likeness (QED) is 0.549. The first kappa shape index (κ1) is 24.3. The number of allylic oxidation sites excluding steroid dienone is 6. The maximum atomic E-state index is 12.7. The largest absolute Gasteiger partial charge is 0.465 e. The van der Waals surface area contributed by atoms with Gasteiger partial charge in [-0.05, 0) is 38.8 Å². The van der Waals surface area contributed by atoms with E-state index >= 15 is 0 Å². The first-order valence-corrected chi connectivity index (χ1v) is 10.7. The molecule has 2 rings (SSSR count). The number of hydrogen-bond acceptors (Lipinski definition) is 5. The summed E-state index contributed by atoms with van der Waals surface area (Å²) in [6, 6.07) is 0. The zero-order valence-electron chi connectivity index (χ0n) is 18.2. The molecule has 0 aromatic carbocycles. The fourth-order valence-corrected chi connectivity index (χ4v) is 3.95. The Morgan fingerprint density at radius 3 is 2.67 bits per heavy atom. The Morgan fingerprint density at radius 2 is 2.07 bits per heavy atom. The molecular weight excluding hydrogens is 404 g/mol. The van der Waals surface area contributed by atoms with E-state index in [1.807, 2.05) is 13.0 Å². The molecule has 30 heavy (non-hydrogen) atoms. The zero-order chi connectivity index (χ0) is 22.6. The van der Waals surface area contributed by atoms with Crippen LogP contribution in [0.4, 0.5) is 0 Å². The highest BCUT2D eigenvalue weighted by molar-refractivity contribution is 6.45. The van der Waals surface area contributed by atoms with E-state index < -0.39 is 23.4 Å². The summed E-state index contributed by atoms with van der Waals surface area (Å²) in [6.07, 6.45) is 9.11. The van der Waals surface area contributed by atoms with Crippen LogP contribution in [0.3, 0.4) is 0 Å². The molecule has 0 spiro atoms. The van der Waals surface area contributed by atoms with Gasteiger partial charge in [-0.15, -0.1) is 0 Å². The molecule has 6 heteroatoms. The number of ether oxygens (including phenoxy) is 1. The van der Waals surface area contributed by atoms with Crippen LogP contribution in [0.2, 0.25) is 0 Å². The number of Topliss-reactive ketones (excluding diaryl/α,β-unsaturated/α-hetero) is 2. The van der Waals surface area contributed by atoms with Gasteiger partial charge >= 0.3 is 0 Å². The second kappa shape index (κ2) is 9.90. The number of ketones is 2. The van der Waals surface area contributed by atoms with Crippen molar-refractivity contribution < 1.29 is 24.5 Å². The summed E-state index contributed by atoms with van der Waals surface area (Å²) in [4.78, 5) is 25.0. The van der Waals surface area contributed by atoms with Gasteiger partial charge in [-0.25, -0.2) is 0 Å². The molecule has 0 radical (unpaired) electrons. The SMILES string of the molecule is CC[C@@H](C)/C=C(C)\C=C\C1=CC2=C(Cl)C(=O)[C@@](C)(O)[C@@H](CC(=O)C[C@H](C)O)C2=CO1. The molecule has 4 atom stereocenters. The summed E-state index contributed by atoms with van der Waals surface area (Å²) in [5.74, 6) is -0.699. The molecule has 1 heterocycles. The number of halogens is 1. The van der Waals surface area contributed by atoms with Crippen molar-refractivity contribution in [2.75, 3.05) is 0 Å². The van der Waals surface area contributed by atoms with Gasteiger partial charge < -0.3 is 14.9 Å². The zero-order valence-corrected chi connectivity index (χ0v) is 19.0. The smallest absolute Gasteiger partial charge is 0.206 e. The van der Waals surface area contributed by atoms with Crippen LogP contribution in [0.25, 0.3) is 0 Å². The van der Waals surface area contributed by atoms with E-state index in [4.69, 9.17) is 16.3 Å². The molecule has 2 aliphatic rings. The van der Waals surface area contributed by atoms with Crippen molar-refractivity contribution in [3.05, 3.63) is 58.1 Å². The summed E-state index contributed by atoms with van der Waals surface area (Å²) >= 11 is 6.30. The van der Waals surface area contributed by atoms with Gasteiger partial charge in [0.2, 0.25) is 5.78 Å². The van der Waals surface area contributed by atoms with Crippen molar-refractivity contribution in [3.8, 4) is 0 Å². The van der Waals surface area contributed by atoms with E-state index in [1.54, 1.807) is 12.2 Å². The molecule has 1 aliphatic carbocycles. The van der Waals surface area contributed by atoms with Gasteiger partial charge in [0.25, 0.3) is 0 Å². The highest BCUT2D eigenvalue weighted by Gasteiger charge is 2.49. The molecule has 1 aliphatic heterocycles. The third-order valence-corrected chi connectivity index (χ3v) is 5.90. The summed E-state index contributed by atoms with van der Waals surface area (Å²) in [5.41, 5.74) is 0.221. The van der Waals surface area contributed by atoms with Crippen LogP contribution in [-0.2, 0) is 14.3 Å². The molecule has 0 saturated heterocycles. The molecule has 0 saturated carbocycles. The van der Waals surface area contributed by atoms with E-state index in [0.29, 0.717) is 22.8 Å². The first-order chi connectivity index (χ1) is 14.0. The molecule has 0 fully saturated rings. The number of rotatable bonds is 8. The van der Waals surface area contributed by atoms with Crippen LogP contribution in [0.5, 0.6) is 0 Å². The van der Waals surface area contributed by atoms with Gasteiger partial charge in [-0.3, -0.25) is 9.59 Å². The second-order valence-electron chi connectivity index (χ2n) is 8.42. The van der Waals surface area contributed by atoms with Gasteiger partial charge in [-0.2, -0.15) is 0 Å². The van der Waals surface area contributed by atoms with Gasteiger partial charge in [0, 0.05) is 29.9 Å². The van der Waals surface area contributed by atoms with Crippen molar-refractivity contribution in [1.29, 1.82) is 0 Å². The number of aliphatic hydroxyl groups excluding tert-OH is 1. The molecular formula is C24H31ClO5. The lowest BCUT2D eigenvalue weighted by atomic mass is 9.70. The Bertz CT molecular complexity index is 855. The van der Waals surface area contributed by atoms with E-state index in [0.717, 1.165) is 12.0 Å². The van der Waals surface area contributed by atoms with Gasteiger partial charge in [0.15, 0.2) is 0 Å². The predicted molar refractivity (Wildman–Crippen MR) is 118 cm³/mol. The molecule has 0 aromatic rings. The fraction of sp³-hybridized carbons (Fsp3) is 0.500. The van der Waals surface area contributed by atoms with Crippen molar-refractivity contribution in [3.63, 3.8) is 0 Å². The maximum Gasteiger partial charge on any atom is 0.206 e. The summed E-state index contributed by atoms with van der Waals surface area (Å²) in [7, 11) is 0. The third-order valence-electron chi connectivity index (χ3n) is 5.53. The van der Waals surface area contributed by atoms with Crippen LogP contribution >= 0.6 is 11.6 Å². The van der Waals surface area contributed by atoms with Crippen molar-refractivity contribution in [1.82, 2.24) is 0 Å². The standard InChI is InChI=1S/C24H31ClO5/c1-6-14(2)9-15(3)7-8-18-12-19-20(13-30-18)21(11-17(27)10-16(4)26)24(5,29)23(28)22(19)25/h7-9,12-14,16,21,26,29H,6,10-11H2,1-5H3/b8-7+,15-9-/t14-,16+,21+,24+/m1/s1. The van der Waals surface area contributed by atoms with Crippen LogP contribution in [-0.4, -0.2) is 33.5 Å². The average molecular weight is 435 g/mol. The van der Waals surface area contributed by atoms with Gasteiger partial charge in [0.05, 0.1) is 17.4 Å². The van der Waals surface area contributed by atoms with Gasteiger partial charge in [0.1, 0.15) is 17.1 Å². The minimum absolute atomic E-state index is 0.0483. The molecule has 5 nitrogen and oxygen atoms in total. The topological polar surface area (TPSA) is 83.8 Å². The minimum Gasteiger partial charge on any atom is -0.465 e. The average Bonchev–Trinajstić information content (AvgIpc) is 2.67.